The number of carbonyl (C=O) groups excluding carboxylic acids is 6. The molecule has 52 heavy (non-hydrogen) atoms. The van der Waals surface area contributed by atoms with Crippen molar-refractivity contribution < 1.29 is 66.7 Å². The van der Waals surface area contributed by atoms with Crippen LogP contribution in [0.3, 0.4) is 0 Å². The predicted molar refractivity (Wildman–Crippen MR) is 184 cm³/mol. The summed E-state index contributed by atoms with van der Waals surface area (Å²) >= 11 is 0. The molecule has 1 aliphatic heterocycles. The molecule has 2 saturated carbocycles. The van der Waals surface area contributed by atoms with Crippen LogP contribution in [-0.4, -0.2) is 103 Å². The van der Waals surface area contributed by atoms with Crippen molar-refractivity contribution in [3.05, 3.63) is 12.2 Å². The third kappa shape index (κ3) is 9.22. The Morgan fingerprint density at radius 2 is 1.25 bits per heavy atom. The average Bonchev–Trinajstić information content (AvgIpc) is 3.76. The molecule has 0 aromatic heterocycles. The number of rotatable bonds is 11. The SMILES string of the molecule is C=C1[C@H](OCC(C)C)[C@H](OCC(C)C)[C@@H](OC(C)=O)C(C)(C)[C@@H]2O[C@H]2[C@@H](C)C(=O)[C@@]2(OC(C)=O)C[C@@](C)(OC(C)=O)[C@H](OC(C)=O)[C@@H]2[C@H]1OC(C)=O. The van der Waals surface area contributed by atoms with E-state index in [9.17, 15) is 24.0 Å². The lowest BCUT2D eigenvalue weighted by molar-refractivity contribution is -0.196. The van der Waals surface area contributed by atoms with Gasteiger partial charge in [-0.15, -0.1) is 0 Å². The molecule has 3 fully saturated rings. The van der Waals surface area contributed by atoms with Crippen LogP contribution in [0.15, 0.2) is 12.2 Å². The van der Waals surface area contributed by atoms with Crippen molar-refractivity contribution in [1.82, 2.24) is 0 Å². The molecule has 3 aliphatic rings. The van der Waals surface area contributed by atoms with Gasteiger partial charge in [-0.25, -0.2) is 0 Å². The fourth-order valence-corrected chi connectivity index (χ4v) is 7.92. The van der Waals surface area contributed by atoms with Crippen LogP contribution in [0.1, 0.15) is 96.4 Å². The molecule has 1 saturated heterocycles. The van der Waals surface area contributed by atoms with Gasteiger partial charge in [-0.1, -0.05) is 55.0 Å². The van der Waals surface area contributed by atoms with Gasteiger partial charge in [0.2, 0.25) is 0 Å². The highest BCUT2D eigenvalue weighted by Gasteiger charge is 2.74. The third-order valence-corrected chi connectivity index (χ3v) is 9.86. The number of ketones is 1. The molecule has 0 bridgehead atoms. The highest BCUT2D eigenvalue weighted by Crippen LogP contribution is 2.56. The molecular weight excluding hydrogens is 680 g/mol. The lowest BCUT2D eigenvalue weighted by Crippen LogP contribution is -2.60. The van der Waals surface area contributed by atoms with E-state index in [0.29, 0.717) is 0 Å². The van der Waals surface area contributed by atoms with Crippen LogP contribution in [0.25, 0.3) is 0 Å². The van der Waals surface area contributed by atoms with Crippen molar-refractivity contribution in [2.45, 2.75) is 150 Å². The Bertz CT molecular complexity index is 1400. The van der Waals surface area contributed by atoms with E-state index in [2.05, 4.69) is 6.58 Å². The predicted octanol–water partition coefficient (Wildman–Crippen LogP) is 4.08. The number of carbonyl (C=O) groups is 6. The van der Waals surface area contributed by atoms with Gasteiger partial charge in [0, 0.05) is 65.6 Å². The van der Waals surface area contributed by atoms with Crippen LogP contribution in [0.2, 0.25) is 0 Å². The summed E-state index contributed by atoms with van der Waals surface area (Å²) in [5.41, 5.74) is -4.97. The van der Waals surface area contributed by atoms with Crippen molar-refractivity contribution in [3.8, 4) is 0 Å². The lowest BCUT2D eigenvalue weighted by atomic mass is 9.69. The summed E-state index contributed by atoms with van der Waals surface area (Å²) in [4.78, 5) is 79.6. The number of Topliss-reactive ketones (excluding diaryl/α,β-unsaturated/α-hetero) is 1. The second-order valence-corrected chi connectivity index (χ2v) is 16.1. The number of ether oxygens (including phenoxy) is 8. The lowest BCUT2D eigenvalue weighted by Gasteiger charge is -2.45. The summed E-state index contributed by atoms with van der Waals surface area (Å²) in [6.45, 7) is 25.0. The topological polar surface area (TPSA) is 180 Å². The number of esters is 5. The molecule has 14 heteroatoms. The average molecular weight is 739 g/mol. The first-order valence-corrected chi connectivity index (χ1v) is 17.9. The van der Waals surface area contributed by atoms with Gasteiger partial charge in [0.1, 0.15) is 24.4 Å². The Labute approximate surface area is 306 Å². The standard InChI is InChI=1S/C38H58O14/c1-18(2)15-45-29-20(5)28(47-22(7)39)27-33(48-23(8)40)37(14,51-25(10)42)17-38(27,52-26(11)43)32(44)21(6)30-34(50-30)36(12,13)35(49-24(9)41)31(29)46-16-19(3)4/h18-19,21,27-31,33-35H,5,15-17H2,1-4,6-14H3/t21-,27+,28+,29+,30+,31+,33-,34-,35-,37-,38-/m1/s1. The van der Waals surface area contributed by atoms with E-state index < -0.39 is 113 Å². The maximum Gasteiger partial charge on any atom is 0.303 e. The zero-order chi connectivity index (χ0) is 39.7. The molecule has 294 valence electrons. The summed E-state index contributed by atoms with van der Waals surface area (Å²) in [6.07, 6.45) is -8.34. The minimum Gasteiger partial charge on any atom is -0.459 e. The van der Waals surface area contributed by atoms with Crippen LogP contribution >= 0.6 is 0 Å². The van der Waals surface area contributed by atoms with Crippen LogP contribution < -0.4 is 0 Å². The molecule has 11 atom stereocenters. The molecule has 0 radical (unpaired) electrons. The van der Waals surface area contributed by atoms with E-state index in [-0.39, 0.29) is 30.6 Å². The zero-order valence-electron chi connectivity index (χ0n) is 32.9. The fraction of sp³-hybridized carbons (Fsp3) is 0.789. The first-order chi connectivity index (χ1) is 23.9. The largest absolute Gasteiger partial charge is 0.459 e. The number of epoxide rings is 1. The van der Waals surface area contributed by atoms with Crippen molar-refractivity contribution in [1.29, 1.82) is 0 Å². The Hall–Kier alpha value is -3.36. The number of hydrogen-bond acceptors (Lipinski definition) is 14. The molecule has 0 aromatic carbocycles. The highest BCUT2D eigenvalue weighted by molar-refractivity contribution is 5.93. The first kappa shape index (κ1) is 43.0. The summed E-state index contributed by atoms with van der Waals surface area (Å²) in [5, 5.41) is 0. The van der Waals surface area contributed by atoms with Gasteiger partial charge in [0.15, 0.2) is 23.1 Å². The zero-order valence-corrected chi connectivity index (χ0v) is 32.9. The van der Waals surface area contributed by atoms with Crippen LogP contribution in [-0.2, 0) is 66.7 Å². The molecule has 3 rings (SSSR count). The maximum absolute atomic E-state index is 15.1. The van der Waals surface area contributed by atoms with Crippen molar-refractivity contribution in [2.24, 2.45) is 29.1 Å². The Morgan fingerprint density at radius 1 is 0.750 bits per heavy atom. The molecule has 14 nitrogen and oxygen atoms in total. The quantitative estimate of drug-likeness (QED) is 0.128. The van der Waals surface area contributed by atoms with E-state index >= 15 is 4.79 Å². The monoisotopic (exact) mass is 738 g/mol. The Morgan fingerprint density at radius 3 is 1.73 bits per heavy atom. The van der Waals surface area contributed by atoms with E-state index in [1.807, 2.05) is 41.5 Å². The van der Waals surface area contributed by atoms with E-state index in [1.54, 1.807) is 6.92 Å². The summed E-state index contributed by atoms with van der Waals surface area (Å²) < 4.78 is 49.3. The summed E-state index contributed by atoms with van der Waals surface area (Å²) in [6, 6.07) is 0. The molecular formula is C38H58O14. The van der Waals surface area contributed by atoms with Crippen LogP contribution in [0.4, 0.5) is 0 Å². The number of fused-ring (bicyclic) bond motifs is 2. The molecule has 2 aliphatic carbocycles. The smallest absolute Gasteiger partial charge is 0.303 e. The van der Waals surface area contributed by atoms with Crippen LogP contribution in [0.5, 0.6) is 0 Å². The Balaban J connectivity index is 2.53. The van der Waals surface area contributed by atoms with Gasteiger partial charge in [0.05, 0.1) is 18.1 Å². The maximum atomic E-state index is 15.1. The molecule has 0 unspecified atom stereocenters. The summed E-state index contributed by atoms with van der Waals surface area (Å²) in [7, 11) is 0. The van der Waals surface area contributed by atoms with E-state index in [0.717, 1.165) is 27.7 Å². The molecule has 0 spiro atoms. The molecule has 0 amide bonds. The first-order valence-electron chi connectivity index (χ1n) is 17.9. The van der Waals surface area contributed by atoms with Crippen molar-refractivity contribution in [2.75, 3.05) is 13.2 Å². The van der Waals surface area contributed by atoms with Gasteiger partial charge in [0.25, 0.3) is 0 Å². The van der Waals surface area contributed by atoms with E-state index in [4.69, 9.17) is 37.9 Å². The molecule has 0 N–H and O–H groups in total. The minimum absolute atomic E-state index is 0.0116. The van der Waals surface area contributed by atoms with Crippen molar-refractivity contribution in [3.63, 3.8) is 0 Å². The second kappa shape index (κ2) is 16.3. The fourth-order valence-electron chi connectivity index (χ4n) is 7.92. The Kier molecular flexibility index (Phi) is 13.5. The second-order valence-electron chi connectivity index (χ2n) is 16.1. The van der Waals surface area contributed by atoms with Gasteiger partial charge in [-0.05, 0) is 24.3 Å². The molecule has 0 aromatic rings. The number of hydrogen-bond donors (Lipinski definition) is 0. The van der Waals surface area contributed by atoms with E-state index in [1.165, 1.54) is 13.8 Å². The normalized spacial score (nSPS) is 35.7. The van der Waals surface area contributed by atoms with Gasteiger partial charge < -0.3 is 37.9 Å². The van der Waals surface area contributed by atoms with Gasteiger partial charge >= 0.3 is 29.8 Å². The van der Waals surface area contributed by atoms with Crippen LogP contribution in [0, 0.1) is 29.1 Å². The summed E-state index contributed by atoms with van der Waals surface area (Å²) in [5.74, 6) is -7.05. The minimum atomic E-state index is -2.22. The van der Waals surface area contributed by atoms with Gasteiger partial charge in [-0.2, -0.15) is 0 Å². The third-order valence-electron chi connectivity index (χ3n) is 9.86. The van der Waals surface area contributed by atoms with Crippen molar-refractivity contribution >= 4 is 35.6 Å². The molecule has 1 heterocycles. The highest BCUT2D eigenvalue weighted by atomic mass is 16.6. The van der Waals surface area contributed by atoms with Gasteiger partial charge in [-0.3, -0.25) is 28.8 Å².